The summed E-state index contributed by atoms with van der Waals surface area (Å²) in [5, 5.41) is -0.125. The van der Waals surface area contributed by atoms with E-state index in [4.69, 9.17) is 10.2 Å². The molecule has 0 aliphatic carbocycles. The first kappa shape index (κ1) is 13.7. The van der Waals surface area contributed by atoms with Crippen molar-refractivity contribution in [3.8, 4) is 0 Å². The third-order valence-electron chi connectivity index (χ3n) is 2.69. The van der Waals surface area contributed by atoms with Gasteiger partial charge in [0.15, 0.2) is 0 Å². The molecule has 3 N–H and O–H groups in total. The lowest BCUT2D eigenvalue weighted by Crippen LogP contribution is -2.23. The third-order valence-corrected chi connectivity index (χ3v) is 3.97. The van der Waals surface area contributed by atoms with E-state index in [-0.39, 0.29) is 18.2 Å². The van der Waals surface area contributed by atoms with Gasteiger partial charge < -0.3 is 10.2 Å². The lowest BCUT2D eigenvalue weighted by Gasteiger charge is -2.06. The van der Waals surface area contributed by atoms with Gasteiger partial charge in [0, 0.05) is 18.9 Å². The number of hydrogen-bond acceptors (Lipinski definition) is 5. The second-order valence-corrected chi connectivity index (χ2v) is 5.75. The second-order valence-electron chi connectivity index (χ2n) is 4.05. The van der Waals surface area contributed by atoms with Crippen LogP contribution in [-0.2, 0) is 23.1 Å². The Morgan fingerprint density at radius 2 is 2.16 bits per heavy atom. The van der Waals surface area contributed by atoms with Crippen molar-refractivity contribution >= 4 is 10.0 Å². The lowest BCUT2D eigenvalue weighted by atomic mass is 10.2. The number of pyridine rings is 1. The monoisotopic (exact) mass is 281 g/mol. The van der Waals surface area contributed by atoms with E-state index < -0.39 is 10.0 Å². The third kappa shape index (κ3) is 3.19. The van der Waals surface area contributed by atoms with Gasteiger partial charge in [0.1, 0.15) is 5.76 Å². The van der Waals surface area contributed by atoms with Crippen LogP contribution >= 0.6 is 0 Å². The molecule has 2 aromatic heterocycles. The Hall–Kier alpha value is -1.70. The van der Waals surface area contributed by atoms with Crippen LogP contribution in [-0.4, -0.2) is 13.4 Å². The van der Waals surface area contributed by atoms with Crippen LogP contribution in [0.3, 0.4) is 0 Å². The molecule has 2 aromatic rings. The molecule has 0 aliphatic heterocycles. The zero-order valence-electron chi connectivity index (χ0n) is 10.5. The highest BCUT2D eigenvalue weighted by molar-refractivity contribution is 7.89. The molecule has 0 unspecified atom stereocenters. The summed E-state index contributed by atoms with van der Waals surface area (Å²) in [5.41, 5.74) is 7.16. The number of nitrogens with one attached hydrogen (secondary N) is 1. The first-order valence-corrected chi connectivity index (χ1v) is 7.19. The number of aryl methyl sites for hydroxylation is 1. The van der Waals surface area contributed by atoms with Gasteiger partial charge in [-0.3, -0.25) is 4.98 Å². The zero-order valence-corrected chi connectivity index (χ0v) is 11.3. The zero-order chi connectivity index (χ0) is 13.9. The normalized spacial score (nSPS) is 11.7. The first-order valence-electron chi connectivity index (χ1n) is 5.71. The summed E-state index contributed by atoms with van der Waals surface area (Å²) in [6.45, 7) is 2.23. The Kier molecular flexibility index (Phi) is 3.98. The van der Waals surface area contributed by atoms with Crippen LogP contribution in [0.4, 0.5) is 0 Å². The first-order chi connectivity index (χ1) is 9.03. The minimum absolute atomic E-state index is 0.125. The van der Waals surface area contributed by atoms with E-state index in [2.05, 4.69) is 9.71 Å². The smallest absolute Gasteiger partial charge is 0.274 e. The summed E-state index contributed by atoms with van der Waals surface area (Å²) in [6, 6.07) is 4.71. The number of nitrogens with zero attached hydrogens (tertiary/aromatic N) is 1. The van der Waals surface area contributed by atoms with Crippen LogP contribution in [0.15, 0.2) is 40.1 Å². The SMILES string of the molecule is Cc1cnccc1CNS(=O)(=O)c1ccc(CN)o1. The van der Waals surface area contributed by atoms with Gasteiger partial charge in [0.05, 0.1) is 6.54 Å². The Labute approximate surface area is 111 Å². The fourth-order valence-electron chi connectivity index (χ4n) is 1.56. The summed E-state index contributed by atoms with van der Waals surface area (Å²) in [7, 11) is -3.66. The summed E-state index contributed by atoms with van der Waals surface area (Å²) in [5.74, 6) is 0.431. The van der Waals surface area contributed by atoms with E-state index in [1.54, 1.807) is 24.5 Å². The molecule has 6 nitrogen and oxygen atoms in total. The van der Waals surface area contributed by atoms with Gasteiger partial charge >= 0.3 is 0 Å². The van der Waals surface area contributed by atoms with Gasteiger partial charge in [-0.05, 0) is 36.2 Å². The van der Waals surface area contributed by atoms with Gasteiger partial charge in [0.2, 0.25) is 5.09 Å². The van der Waals surface area contributed by atoms with Crippen molar-refractivity contribution in [3.63, 3.8) is 0 Å². The molecule has 102 valence electrons. The van der Waals surface area contributed by atoms with E-state index >= 15 is 0 Å². The van der Waals surface area contributed by atoms with Crippen LogP contribution in [0.5, 0.6) is 0 Å². The molecule has 7 heteroatoms. The van der Waals surface area contributed by atoms with E-state index in [1.807, 2.05) is 6.92 Å². The fourth-order valence-corrected chi connectivity index (χ4v) is 2.51. The minimum Gasteiger partial charge on any atom is -0.447 e. The predicted molar refractivity (Wildman–Crippen MR) is 69.6 cm³/mol. The van der Waals surface area contributed by atoms with Crippen LogP contribution in [0.2, 0.25) is 0 Å². The molecule has 0 spiro atoms. The van der Waals surface area contributed by atoms with Gasteiger partial charge in [-0.2, -0.15) is 0 Å². The number of hydrogen-bond donors (Lipinski definition) is 2. The van der Waals surface area contributed by atoms with Gasteiger partial charge in [-0.25, -0.2) is 13.1 Å². The predicted octanol–water partition coefficient (Wildman–Crippen LogP) is 0.920. The number of furan rings is 1. The number of rotatable bonds is 5. The summed E-state index contributed by atoms with van der Waals surface area (Å²) in [4.78, 5) is 3.95. The van der Waals surface area contributed by atoms with Gasteiger partial charge in [-0.15, -0.1) is 0 Å². The van der Waals surface area contributed by atoms with E-state index in [0.29, 0.717) is 5.76 Å². The highest BCUT2D eigenvalue weighted by atomic mass is 32.2. The fraction of sp³-hybridized carbons (Fsp3) is 0.250. The molecule has 2 heterocycles. The molecule has 0 atom stereocenters. The average molecular weight is 281 g/mol. The lowest BCUT2D eigenvalue weighted by molar-refractivity contribution is 0.412. The maximum absolute atomic E-state index is 12.0. The summed E-state index contributed by atoms with van der Waals surface area (Å²) < 4.78 is 31.6. The molecule has 19 heavy (non-hydrogen) atoms. The molecule has 0 saturated heterocycles. The van der Waals surface area contributed by atoms with E-state index in [9.17, 15) is 8.42 Å². The highest BCUT2D eigenvalue weighted by Crippen LogP contribution is 2.14. The van der Waals surface area contributed by atoms with Crippen molar-refractivity contribution in [1.82, 2.24) is 9.71 Å². The Morgan fingerprint density at radius 1 is 1.37 bits per heavy atom. The molecule has 0 bridgehead atoms. The van der Waals surface area contributed by atoms with Crippen LogP contribution in [0.25, 0.3) is 0 Å². The van der Waals surface area contributed by atoms with E-state index in [1.165, 1.54) is 6.07 Å². The number of sulfonamides is 1. The Bertz CT molecular complexity index is 664. The van der Waals surface area contributed by atoms with Crippen molar-refractivity contribution < 1.29 is 12.8 Å². The molecule has 2 rings (SSSR count). The molecule has 0 fully saturated rings. The number of nitrogens with two attached hydrogens (primary N) is 1. The molecule has 0 aromatic carbocycles. The largest absolute Gasteiger partial charge is 0.447 e. The maximum Gasteiger partial charge on any atom is 0.274 e. The van der Waals surface area contributed by atoms with Crippen molar-refractivity contribution in [2.45, 2.75) is 25.1 Å². The topological polar surface area (TPSA) is 98.2 Å². The average Bonchev–Trinajstić information content (AvgIpc) is 2.87. The van der Waals surface area contributed by atoms with Gasteiger partial charge in [0.25, 0.3) is 10.0 Å². The maximum atomic E-state index is 12.0. The van der Waals surface area contributed by atoms with Gasteiger partial charge in [-0.1, -0.05) is 0 Å². The summed E-state index contributed by atoms with van der Waals surface area (Å²) in [6.07, 6.45) is 3.30. The van der Waals surface area contributed by atoms with Crippen LogP contribution in [0.1, 0.15) is 16.9 Å². The molecule has 0 saturated carbocycles. The Balaban J connectivity index is 2.12. The Morgan fingerprint density at radius 3 is 2.79 bits per heavy atom. The minimum atomic E-state index is -3.66. The molecular weight excluding hydrogens is 266 g/mol. The van der Waals surface area contributed by atoms with Crippen LogP contribution < -0.4 is 10.5 Å². The molecular formula is C12H15N3O3S. The van der Waals surface area contributed by atoms with E-state index in [0.717, 1.165) is 11.1 Å². The number of aromatic nitrogens is 1. The summed E-state index contributed by atoms with van der Waals surface area (Å²) >= 11 is 0. The highest BCUT2D eigenvalue weighted by Gasteiger charge is 2.18. The quantitative estimate of drug-likeness (QED) is 0.849. The van der Waals surface area contributed by atoms with Crippen molar-refractivity contribution in [2.24, 2.45) is 5.73 Å². The van der Waals surface area contributed by atoms with Crippen molar-refractivity contribution in [2.75, 3.05) is 0 Å². The van der Waals surface area contributed by atoms with Crippen molar-refractivity contribution in [1.29, 1.82) is 0 Å². The molecule has 0 amide bonds. The standard InChI is InChI=1S/C12H15N3O3S/c1-9-7-14-5-4-10(9)8-15-19(16,17)12-3-2-11(6-13)18-12/h2-5,7,15H,6,8,13H2,1H3. The molecule has 0 radical (unpaired) electrons. The molecule has 0 aliphatic rings. The second kappa shape index (κ2) is 5.52. The van der Waals surface area contributed by atoms with Crippen molar-refractivity contribution in [3.05, 3.63) is 47.5 Å². The van der Waals surface area contributed by atoms with Crippen LogP contribution in [0, 0.1) is 6.92 Å².